The van der Waals surface area contributed by atoms with Crippen molar-refractivity contribution in [2.45, 2.75) is 25.3 Å². The first kappa shape index (κ1) is 18.1. The van der Waals surface area contributed by atoms with Crippen molar-refractivity contribution in [1.29, 1.82) is 0 Å². The lowest BCUT2D eigenvalue weighted by atomic mass is 9.93. The third-order valence-corrected chi connectivity index (χ3v) is 5.80. The highest BCUT2D eigenvalue weighted by Gasteiger charge is 2.35. The van der Waals surface area contributed by atoms with Gasteiger partial charge in [0, 0.05) is 32.2 Å². The van der Waals surface area contributed by atoms with Gasteiger partial charge in [-0.05, 0) is 43.0 Å². The molecule has 1 aromatic carbocycles. The summed E-state index contributed by atoms with van der Waals surface area (Å²) in [6.07, 6.45) is 2.57. The maximum Gasteiger partial charge on any atom is 0.236 e. The summed E-state index contributed by atoms with van der Waals surface area (Å²) in [5, 5.41) is 3.11. The lowest BCUT2D eigenvalue weighted by Gasteiger charge is -2.42. The minimum absolute atomic E-state index is 0.134. The fourth-order valence-corrected chi connectivity index (χ4v) is 4.33. The van der Waals surface area contributed by atoms with E-state index in [0.717, 1.165) is 49.5 Å². The Morgan fingerprint density at radius 1 is 1.33 bits per heavy atom. The molecule has 3 aliphatic rings. The van der Waals surface area contributed by atoms with Gasteiger partial charge in [-0.25, -0.2) is 0 Å². The molecule has 0 bridgehead atoms. The van der Waals surface area contributed by atoms with Gasteiger partial charge >= 0.3 is 0 Å². The number of nitrogens with zero attached hydrogens (tertiary/aromatic N) is 2. The first-order valence-electron chi connectivity index (χ1n) is 9.74. The number of ether oxygens (including phenoxy) is 2. The van der Waals surface area contributed by atoms with Crippen molar-refractivity contribution in [3.05, 3.63) is 23.8 Å². The molecule has 7 nitrogen and oxygen atoms in total. The molecule has 0 aromatic heterocycles. The number of carbonyl (C=O) groups is 2. The summed E-state index contributed by atoms with van der Waals surface area (Å²) in [6, 6.07) is 5.87. The molecule has 2 amide bonds. The Morgan fingerprint density at radius 2 is 2.22 bits per heavy atom. The summed E-state index contributed by atoms with van der Waals surface area (Å²) >= 11 is 0. The van der Waals surface area contributed by atoms with E-state index in [1.807, 2.05) is 28.0 Å². The Labute approximate surface area is 159 Å². The molecule has 0 saturated carbocycles. The van der Waals surface area contributed by atoms with Crippen LogP contribution in [0.5, 0.6) is 11.5 Å². The van der Waals surface area contributed by atoms with Gasteiger partial charge < -0.3 is 24.6 Å². The minimum atomic E-state index is -0.179. The summed E-state index contributed by atoms with van der Waals surface area (Å²) in [4.78, 5) is 29.2. The van der Waals surface area contributed by atoms with Gasteiger partial charge in [0.05, 0.1) is 19.6 Å². The molecule has 1 aromatic rings. The molecule has 3 aliphatic heterocycles. The average molecular weight is 373 g/mol. The van der Waals surface area contributed by atoms with Gasteiger partial charge in [-0.2, -0.15) is 0 Å². The van der Waals surface area contributed by atoms with Crippen LogP contribution in [0.4, 0.5) is 0 Å². The molecule has 1 N–H and O–H groups in total. The van der Waals surface area contributed by atoms with E-state index < -0.39 is 0 Å². The molecule has 3 heterocycles. The molecule has 146 valence electrons. The average Bonchev–Trinajstić information content (AvgIpc) is 2.72. The van der Waals surface area contributed by atoms with Crippen LogP contribution in [0, 0.1) is 5.92 Å². The highest BCUT2D eigenvalue weighted by Crippen LogP contribution is 2.32. The molecular formula is C20H27N3O4. The number of amides is 2. The number of hydrogen-bond donors (Lipinski definition) is 1. The van der Waals surface area contributed by atoms with Crippen LogP contribution in [-0.2, 0) is 16.0 Å². The quantitative estimate of drug-likeness (QED) is 0.843. The van der Waals surface area contributed by atoms with Gasteiger partial charge in [-0.1, -0.05) is 0 Å². The number of piperidine rings is 1. The van der Waals surface area contributed by atoms with E-state index in [0.29, 0.717) is 26.1 Å². The number of benzene rings is 1. The summed E-state index contributed by atoms with van der Waals surface area (Å²) in [5.74, 6) is 1.71. The zero-order valence-corrected chi connectivity index (χ0v) is 15.8. The van der Waals surface area contributed by atoms with E-state index in [9.17, 15) is 9.59 Å². The zero-order valence-electron chi connectivity index (χ0n) is 15.8. The van der Waals surface area contributed by atoms with Crippen LogP contribution >= 0.6 is 0 Å². The van der Waals surface area contributed by atoms with Gasteiger partial charge in [0.15, 0.2) is 0 Å². The standard InChI is InChI=1S/C20H27N3O4/c1-26-17-4-5-18-14(10-17)9-15(13-27-18)20(25)22-7-2-3-16(12-22)23-8-6-21-11-19(23)24/h4-5,10,15-16,21H,2-3,6-9,11-13H2,1H3. The van der Waals surface area contributed by atoms with Crippen LogP contribution in [0.15, 0.2) is 18.2 Å². The zero-order chi connectivity index (χ0) is 18.8. The lowest BCUT2D eigenvalue weighted by molar-refractivity contribution is -0.143. The van der Waals surface area contributed by atoms with Crippen LogP contribution in [0.1, 0.15) is 18.4 Å². The molecule has 2 unspecified atom stereocenters. The van der Waals surface area contributed by atoms with E-state index in [-0.39, 0.29) is 23.8 Å². The number of fused-ring (bicyclic) bond motifs is 1. The Kier molecular flexibility index (Phi) is 5.20. The number of methoxy groups -OCH3 is 1. The van der Waals surface area contributed by atoms with Crippen LogP contribution in [-0.4, -0.2) is 74.1 Å². The van der Waals surface area contributed by atoms with Crippen molar-refractivity contribution in [1.82, 2.24) is 15.1 Å². The summed E-state index contributed by atoms with van der Waals surface area (Å²) in [6.45, 7) is 3.76. The van der Waals surface area contributed by atoms with Crippen molar-refractivity contribution in [3.63, 3.8) is 0 Å². The Bertz CT molecular complexity index is 723. The fourth-order valence-electron chi connectivity index (χ4n) is 4.33. The van der Waals surface area contributed by atoms with Crippen molar-refractivity contribution in [2.24, 2.45) is 5.92 Å². The number of hydrogen-bond acceptors (Lipinski definition) is 5. The number of piperazine rings is 1. The third kappa shape index (κ3) is 3.74. The van der Waals surface area contributed by atoms with E-state index in [1.54, 1.807) is 7.11 Å². The molecule has 27 heavy (non-hydrogen) atoms. The van der Waals surface area contributed by atoms with E-state index in [4.69, 9.17) is 9.47 Å². The van der Waals surface area contributed by atoms with E-state index in [1.165, 1.54) is 0 Å². The molecule has 2 saturated heterocycles. The van der Waals surface area contributed by atoms with Gasteiger partial charge in [0.1, 0.15) is 18.1 Å². The SMILES string of the molecule is COc1ccc2c(c1)CC(C(=O)N1CCCC(N3CCNCC3=O)C1)CO2. The van der Waals surface area contributed by atoms with Crippen molar-refractivity contribution >= 4 is 11.8 Å². The van der Waals surface area contributed by atoms with Gasteiger partial charge in [0.2, 0.25) is 11.8 Å². The summed E-state index contributed by atoms with van der Waals surface area (Å²) < 4.78 is 11.1. The molecule has 0 aliphatic carbocycles. The van der Waals surface area contributed by atoms with Crippen LogP contribution in [0.25, 0.3) is 0 Å². The topological polar surface area (TPSA) is 71.1 Å². The molecule has 0 radical (unpaired) electrons. The van der Waals surface area contributed by atoms with Crippen molar-refractivity contribution < 1.29 is 19.1 Å². The lowest BCUT2D eigenvalue weighted by Crippen LogP contribution is -2.58. The van der Waals surface area contributed by atoms with Crippen LogP contribution in [0.3, 0.4) is 0 Å². The van der Waals surface area contributed by atoms with Crippen molar-refractivity contribution in [2.75, 3.05) is 46.4 Å². The second-order valence-electron chi connectivity index (χ2n) is 7.53. The first-order chi connectivity index (χ1) is 13.2. The normalized spacial score (nSPS) is 25.6. The first-order valence-corrected chi connectivity index (χ1v) is 9.74. The molecule has 2 fully saturated rings. The Balaban J connectivity index is 1.42. The number of carbonyl (C=O) groups excluding carboxylic acids is 2. The smallest absolute Gasteiger partial charge is 0.236 e. The monoisotopic (exact) mass is 373 g/mol. The second-order valence-corrected chi connectivity index (χ2v) is 7.53. The number of nitrogens with one attached hydrogen (secondary N) is 1. The number of likely N-dealkylation sites (tertiary alicyclic amines) is 1. The Morgan fingerprint density at radius 3 is 3.04 bits per heavy atom. The highest BCUT2D eigenvalue weighted by atomic mass is 16.5. The second kappa shape index (κ2) is 7.76. The summed E-state index contributed by atoms with van der Waals surface area (Å²) in [7, 11) is 1.64. The third-order valence-electron chi connectivity index (χ3n) is 5.80. The highest BCUT2D eigenvalue weighted by molar-refractivity contribution is 5.81. The fraction of sp³-hybridized carbons (Fsp3) is 0.600. The van der Waals surface area contributed by atoms with E-state index in [2.05, 4.69) is 5.32 Å². The predicted molar refractivity (Wildman–Crippen MR) is 99.9 cm³/mol. The van der Waals surface area contributed by atoms with Gasteiger partial charge in [-0.15, -0.1) is 0 Å². The van der Waals surface area contributed by atoms with Gasteiger partial charge in [0.25, 0.3) is 0 Å². The van der Waals surface area contributed by atoms with Crippen LogP contribution < -0.4 is 14.8 Å². The molecule has 7 heteroatoms. The van der Waals surface area contributed by atoms with E-state index >= 15 is 0 Å². The Hall–Kier alpha value is -2.28. The predicted octanol–water partition coefficient (Wildman–Crippen LogP) is 0.669. The largest absolute Gasteiger partial charge is 0.497 e. The van der Waals surface area contributed by atoms with Crippen molar-refractivity contribution in [3.8, 4) is 11.5 Å². The molecular weight excluding hydrogens is 346 g/mol. The summed E-state index contributed by atoms with van der Waals surface area (Å²) in [5.41, 5.74) is 1.02. The molecule has 0 spiro atoms. The maximum atomic E-state index is 13.1. The minimum Gasteiger partial charge on any atom is -0.497 e. The van der Waals surface area contributed by atoms with Crippen LogP contribution in [0.2, 0.25) is 0 Å². The van der Waals surface area contributed by atoms with Gasteiger partial charge in [-0.3, -0.25) is 9.59 Å². The molecule has 2 atom stereocenters. The maximum absolute atomic E-state index is 13.1. The number of rotatable bonds is 3. The molecule has 4 rings (SSSR count).